The number of carbonyl (C=O) groups is 1. The van der Waals surface area contributed by atoms with Crippen LogP contribution in [0, 0.1) is 13.8 Å². The van der Waals surface area contributed by atoms with E-state index in [0.717, 1.165) is 6.42 Å². The zero-order chi connectivity index (χ0) is 21.5. The SMILES string of the molecule is Cc1cccc(CCNc2ncc(C)n(CC(=O)NCC3CN=C(N)NO3)c2=O)c1. The zero-order valence-electron chi connectivity index (χ0n) is 17.1. The second-order valence-corrected chi connectivity index (χ2v) is 7.18. The van der Waals surface area contributed by atoms with Gasteiger partial charge in [0.15, 0.2) is 5.82 Å². The van der Waals surface area contributed by atoms with E-state index < -0.39 is 0 Å². The van der Waals surface area contributed by atoms with Crippen LogP contribution in [0.1, 0.15) is 16.8 Å². The predicted octanol–water partition coefficient (Wildman–Crippen LogP) is -0.151. The van der Waals surface area contributed by atoms with Gasteiger partial charge in [0.2, 0.25) is 11.9 Å². The molecule has 0 fully saturated rings. The van der Waals surface area contributed by atoms with Crippen molar-refractivity contribution in [3.8, 4) is 0 Å². The molecule has 2 heterocycles. The van der Waals surface area contributed by atoms with Crippen molar-refractivity contribution >= 4 is 17.7 Å². The van der Waals surface area contributed by atoms with Crippen molar-refractivity contribution in [3.05, 3.63) is 57.6 Å². The Morgan fingerprint density at radius 1 is 1.40 bits per heavy atom. The molecule has 1 unspecified atom stereocenters. The first-order chi connectivity index (χ1) is 14.4. The van der Waals surface area contributed by atoms with Gasteiger partial charge < -0.3 is 16.4 Å². The molecule has 1 aliphatic rings. The van der Waals surface area contributed by atoms with Gasteiger partial charge in [0.05, 0.1) is 6.54 Å². The first-order valence-electron chi connectivity index (χ1n) is 9.76. The summed E-state index contributed by atoms with van der Waals surface area (Å²) in [4.78, 5) is 38.5. The number of amides is 1. The summed E-state index contributed by atoms with van der Waals surface area (Å²) in [7, 11) is 0. The Labute approximate surface area is 174 Å². The Morgan fingerprint density at radius 3 is 2.97 bits per heavy atom. The minimum atomic E-state index is -0.331. The molecule has 1 aromatic heterocycles. The molecule has 160 valence electrons. The largest absolute Gasteiger partial charge is 0.368 e. The third kappa shape index (κ3) is 5.80. The lowest BCUT2D eigenvalue weighted by atomic mass is 10.1. The lowest BCUT2D eigenvalue weighted by Gasteiger charge is -2.21. The van der Waals surface area contributed by atoms with E-state index in [1.165, 1.54) is 15.7 Å². The highest BCUT2D eigenvalue weighted by molar-refractivity contribution is 5.77. The lowest BCUT2D eigenvalue weighted by molar-refractivity contribution is -0.122. The minimum absolute atomic E-state index is 0.106. The fourth-order valence-corrected chi connectivity index (χ4v) is 3.03. The monoisotopic (exact) mass is 413 g/mol. The number of hydrogen-bond acceptors (Lipinski definition) is 8. The van der Waals surface area contributed by atoms with Crippen LogP contribution in [-0.2, 0) is 22.6 Å². The zero-order valence-corrected chi connectivity index (χ0v) is 17.1. The second-order valence-electron chi connectivity index (χ2n) is 7.18. The van der Waals surface area contributed by atoms with E-state index in [-0.39, 0.29) is 42.4 Å². The smallest absolute Gasteiger partial charge is 0.293 e. The molecule has 0 spiro atoms. The van der Waals surface area contributed by atoms with E-state index in [1.54, 1.807) is 13.1 Å². The fourth-order valence-electron chi connectivity index (χ4n) is 3.03. The highest BCUT2D eigenvalue weighted by Gasteiger charge is 2.17. The predicted molar refractivity (Wildman–Crippen MR) is 114 cm³/mol. The summed E-state index contributed by atoms with van der Waals surface area (Å²) >= 11 is 0. The first-order valence-corrected chi connectivity index (χ1v) is 9.76. The summed E-state index contributed by atoms with van der Waals surface area (Å²) in [6.07, 6.45) is 2.02. The van der Waals surface area contributed by atoms with E-state index in [4.69, 9.17) is 10.6 Å². The van der Waals surface area contributed by atoms with E-state index in [2.05, 4.69) is 32.2 Å². The molecule has 10 nitrogen and oxygen atoms in total. The molecule has 0 bridgehead atoms. The molecule has 1 atom stereocenters. The molecule has 0 saturated heterocycles. The molecule has 1 aliphatic heterocycles. The van der Waals surface area contributed by atoms with E-state index in [0.29, 0.717) is 18.8 Å². The van der Waals surface area contributed by atoms with Gasteiger partial charge in [-0.15, -0.1) is 0 Å². The average molecular weight is 413 g/mol. The molecule has 1 amide bonds. The normalized spacial score (nSPS) is 15.8. The van der Waals surface area contributed by atoms with E-state index in [1.807, 2.05) is 25.1 Å². The number of nitrogens with two attached hydrogens (primary N) is 1. The summed E-state index contributed by atoms with van der Waals surface area (Å²) in [5.74, 6) is 0.132. The van der Waals surface area contributed by atoms with Gasteiger partial charge in [-0.1, -0.05) is 29.8 Å². The quantitative estimate of drug-likeness (QED) is 0.472. The van der Waals surface area contributed by atoms with Gasteiger partial charge in [-0.3, -0.25) is 19.0 Å². The standard InChI is InChI=1S/C20H27N7O3/c1-13-4-3-5-15(8-13)6-7-22-18-19(29)27(14(2)9-24-18)12-17(28)23-10-16-11-25-20(21)26-30-16/h3-5,8-9,16H,6-7,10-12H2,1-2H3,(H,22,24)(H,23,28)(H3,21,25,26). The molecular formula is C20H27N7O3. The number of nitrogens with zero attached hydrogens (tertiary/aromatic N) is 3. The van der Waals surface area contributed by atoms with Crippen LogP contribution in [0.15, 0.2) is 40.2 Å². The Kier molecular flexibility index (Phi) is 7.02. The number of anilines is 1. The maximum absolute atomic E-state index is 12.8. The average Bonchev–Trinajstić information content (AvgIpc) is 2.72. The summed E-state index contributed by atoms with van der Waals surface area (Å²) in [6, 6.07) is 8.21. The third-order valence-corrected chi connectivity index (χ3v) is 4.67. The Morgan fingerprint density at radius 2 is 2.23 bits per heavy atom. The number of nitrogens with one attached hydrogen (secondary N) is 3. The molecule has 0 aliphatic carbocycles. The second kappa shape index (κ2) is 9.88. The van der Waals surface area contributed by atoms with Gasteiger partial charge in [-0.2, -0.15) is 0 Å². The first kappa shape index (κ1) is 21.3. The molecule has 2 aromatic rings. The summed E-state index contributed by atoms with van der Waals surface area (Å²) in [6.45, 7) is 4.85. The number of aromatic nitrogens is 2. The summed E-state index contributed by atoms with van der Waals surface area (Å²) in [5, 5.41) is 5.82. The summed E-state index contributed by atoms with van der Waals surface area (Å²) in [5.41, 5.74) is 10.6. The van der Waals surface area contributed by atoms with Gasteiger partial charge >= 0.3 is 0 Å². The van der Waals surface area contributed by atoms with Gasteiger partial charge in [0.25, 0.3) is 5.56 Å². The third-order valence-electron chi connectivity index (χ3n) is 4.67. The fraction of sp³-hybridized carbons (Fsp3) is 0.400. The van der Waals surface area contributed by atoms with Crippen LogP contribution in [0.4, 0.5) is 5.82 Å². The summed E-state index contributed by atoms with van der Waals surface area (Å²) < 4.78 is 1.40. The van der Waals surface area contributed by atoms with Crippen LogP contribution in [-0.4, -0.2) is 47.2 Å². The van der Waals surface area contributed by atoms with Gasteiger partial charge in [-0.05, 0) is 25.8 Å². The van der Waals surface area contributed by atoms with Gasteiger partial charge in [0.1, 0.15) is 12.6 Å². The topological polar surface area (TPSA) is 136 Å². The Balaban J connectivity index is 1.55. The van der Waals surface area contributed by atoms with Crippen LogP contribution < -0.4 is 27.4 Å². The number of hydroxylamine groups is 1. The van der Waals surface area contributed by atoms with Crippen molar-refractivity contribution in [2.24, 2.45) is 10.7 Å². The van der Waals surface area contributed by atoms with Crippen molar-refractivity contribution in [1.82, 2.24) is 20.3 Å². The van der Waals surface area contributed by atoms with Crippen LogP contribution in [0.2, 0.25) is 0 Å². The van der Waals surface area contributed by atoms with Crippen molar-refractivity contribution < 1.29 is 9.63 Å². The van der Waals surface area contributed by atoms with E-state index in [9.17, 15) is 9.59 Å². The highest BCUT2D eigenvalue weighted by atomic mass is 16.7. The van der Waals surface area contributed by atoms with Crippen LogP contribution >= 0.6 is 0 Å². The maximum atomic E-state index is 12.8. The van der Waals surface area contributed by atoms with Crippen LogP contribution in [0.25, 0.3) is 0 Å². The van der Waals surface area contributed by atoms with Crippen molar-refractivity contribution in [1.29, 1.82) is 0 Å². The van der Waals surface area contributed by atoms with Crippen LogP contribution in [0.5, 0.6) is 0 Å². The lowest BCUT2D eigenvalue weighted by Crippen LogP contribution is -2.46. The molecule has 0 saturated carbocycles. The van der Waals surface area contributed by atoms with Crippen molar-refractivity contribution in [2.75, 3.05) is 25.0 Å². The number of aliphatic imine (C=N–C) groups is 1. The van der Waals surface area contributed by atoms with Crippen molar-refractivity contribution in [2.45, 2.75) is 32.9 Å². The molecule has 0 radical (unpaired) electrons. The molecule has 10 heteroatoms. The molecule has 1 aromatic carbocycles. The van der Waals surface area contributed by atoms with Crippen LogP contribution in [0.3, 0.4) is 0 Å². The molecular weight excluding hydrogens is 386 g/mol. The number of hydrogen-bond donors (Lipinski definition) is 4. The number of rotatable bonds is 8. The van der Waals surface area contributed by atoms with Gasteiger partial charge in [-0.25, -0.2) is 15.5 Å². The Bertz CT molecular complexity index is 987. The number of guanidine groups is 1. The number of carbonyl (C=O) groups excluding carboxylic acids is 1. The van der Waals surface area contributed by atoms with Crippen molar-refractivity contribution in [3.63, 3.8) is 0 Å². The van der Waals surface area contributed by atoms with E-state index >= 15 is 0 Å². The maximum Gasteiger partial charge on any atom is 0.293 e. The molecule has 5 N–H and O–H groups in total. The minimum Gasteiger partial charge on any atom is -0.368 e. The Hall–Kier alpha value is -3.40. The number of aryl methyl sites for hydroxylation is 2. The van der Waals surface area contributed by atoms with Gasteiger partial charge in [0, 0.05) is 25.0 Å². The molecule has 3 rings (SSSR count). The number of benzene rings is 1. The molecule has 30 heavy (non-hydrogen) atoms. The highest BCUT2D eigenvalue weighted by Crippen LogP contribution is 2.05.